The second-order valence-electron chi connectivity index (χ2n) is 10.2. The van der Waals surface area contributed by atoms with Gasteiger partial charge in [-0.15, -0.1) is 11.8 Å². The van der Waals surface area contributed by atoms with Gasteiger partial charge in [0.05, 0.1) is 12.3 Å². The van der Waals surface area contributed by atoms with Gasteiger partial charge in [0.1, 0.15) is 23.4 Å². The van der Waals surface area contributed by atoms with Crippen LogP contribution in [0, 0.1) is 5.41 Å². The number of aliphatic hydroxyl groups is 1. The smallest absolute Gasteiger partial charge is 0.245 e. The van der Waals surface area contributed by atoms with Gasteiger partial charge in [0.2, 0.25) is 5.91 Å². The van der Waals surface area contributed by atoms with Crippen LogP contribution in [0.25, 0.3) is 0 Å². The third-order valence-electron chi connectivity index (χ3n) is 7.49. The molecule has 0 spiro atoms. The first kappa shape index (κ1) is 27.5. The van der Waals surface area contributed by atoms with Crippen molar-refractivity contribution < 1.29 is 14.6 Å². The van der Waals surface area contributed by atoms with Gasteiger partial charge in [0.15, 0.2) is 0 Å². The molecule has 3 atom stereocenters. The van der Waals surface area contributed by atoms with Crippen molar-refractivity contribution in [1.82, 2.24) is 4.90 Å². The predicted molar refractivity (Wildman–Crippen MR) is 151 cm³/mol. The Kier molecular flexibility index (Phi) is 9.51. The summed E-state index contributed by atoms with van der Waals surface area (Å²) in [6.45, 7) is 6.60. The van der Waals surface area contributed by atoms with Gasteiger partial charge >= 0.3 is 0 Å². The maximum Gasteiger partial charge on any atom is 0.245 e. The molecule has 0 aromatic heterocycles. The number of fused-ring (bicyclic) bond motifs is 1. The molecule has 2 aromatic rings. The van der Waals surface area contributed by atoms with E-state index in [0.717, 1.165) is 42.0 Å². The van der Waals surface area contributed by atoms with Crippen molar-refractivity contribution in [3.8, 4) is 5.75 Å². The number of piperidine rings is 1. The lowest BCUT2D eigenvalue weighted by Crippen LogP contribution is -2.44. The molecule has 1 amide bonds. The molecule has 8 heteroatoms. The van der Waals surface area contributed by atoms with Crippen LogP contribution in [0.4, 0.5) is 5.69 Å². The topological polar surface area (TPSA) is 103 Å². The Labute approximate surface area is 224 Å². The van der Waals surface area contributed by atoms with Gasteiger partial charge in [0.25, 0.3) is 0 Å². The molecule has 200 valence electrons. The van der Waals surface area contributed by atoms with Gasteiger partial charge in [-0.2, -0.15) is 0 Å². The van der Waals surface area contributed by atoms with E-state index in [1.807, 2.05) is 41.3 Å². The maximum absolute atomic E-state index is 13.8. The quantitative estimate of drug-likeness (QED) is 0.218. The Morgan fingerprint density at radius 3 is 2.59 bits per heavy atom. The highest BCUT2D eigenvalue weighted by atomic mass is 32.2. The molecule has 4 N–H and O–H groups in total. The van der Waals surface area contributed by atoms with Crippen molar-refractivity contribution in [2.45, 2.75) is 74.6 Å². The average Bonchev–Trinajstić information content (AvgIpc) is 2.89. The molecule has 2 aliphatic heterocycles. The highest BCUT2D eigenvalue weighted by Gasteiger charge is 2.35. The molecule has 2 heterocycles. The van der Waals surface area contributed by atoms with E-state index >= 15 is 0 Å². The van der Waals surface area contributed by atoms with Crippen LogP contribution < -0.4 is 15.4 Å². The third-order valence-corrected chi connectivity index (χ3v) is 8.80. The molecule has 4 rings (SSSR count). The lowest BCUT2D eigenvalue weighted by molar-refractivity contribution is -0.118. The summed E-state index contributed by atoms with van der Waals surface area (Å²) >= 11 is 1.52. The van der Waals surface area contributed by atoms with Crippen LogP contribution in [0.5, 0.6) is 5.75 Å². The second-order valence-corrected chi connectivity index (χ2v) is 11.3. The summed E-state index contributed by atoms with van der Waals surface area (Å²) in [5, 5.41) is 16.6. The number of unbranched alkanes of at least 4 members (excludes halogenated alkanes) is 2. The van der Waals surface area contributed by atoms with Crippen molar-refractivity contribution in [2.24, 2.45) is 5.73 Å². The summed E-state index contributed by atoms with van der Waals surface area (Å²) in [4.78, 5) is 19.4. The zero-order valence-corrected chi connectivity index (χ0v) is 22.8. The van der Waals surface area contributed by atoms with Crippen molar-refractivity contribution in [3.05, 3.63) is 53.6 Å². The number of ether oxygens (including phenoxy) is 1. The number of amidine groups is 1. The van der Waals surface area contributed by atoms with E-state index in [4.69, 9.17) is 21.0 Å². The number of likely N-dealkylation sites (tertiary alicyclic amines) is 1. The Balaban J connectivity index is 1.48. The summed E-state index contributed by atoms with van der Waals surface area (Å²) in [5.74, 6) is 0.683. The largest absolute Gasteiger partial charge is 0.491 e. The van der Waals surface area contributed by atoms with Crippen LogP contribution in [-0.4, -0.2) is 60.1 Å². The predicted octanol–water partition coefficient (Wildman–Crippen LogP) is 4.95. The summed E-state index contributed by atoms with van der Waals surface area (Å²) in [6.07, 6.45) is 7.01. The Morgan fingerprint density at radius 1 is 1.11 bits per heavy atom. The van der Waals surface area contributed by atoms with Gasteiger partial charge in [-0.1, -0.05) is 31.0 Å². The molecular formula is C29H40N4O3S. The van der Waals surface area contributed by atoms with E-state index in [2.05, 4.69) is 18.7 Å². The van der Waals surface area contributed by atoms with Crippen molar-refractivity contribution in [3.63, 3.8) is 0 Å². The van der Waals surface area contributed by atoms with Crippen LogP contribution in [0.3, 0.4) is 0 Å². The minimum Gasteiger partial charge on any atom is -0.491 e. The molecule has 1 unspecified atom stereocenters. The van der Waals surface area contributed by atoms with Crippen LogP contribution in [0.15, 0.2) is 47.4 Å². The minimum atomic E-state index is -0.397. The molecule has 0 bridgehead atoms. The second kappa shape index (κ2) is 12.8. The molecule has 2 aliphatic rings. The van der Waals surface area contributed by atoms with Crippen LogP contribution in [0.2, 0.25) is 0 Å². The van der Waals surface area contributed by atoms with E-state index in [0.29, 0.717) is 29.9 Å². The number of aliphatic hydroxyl groups excluding tert-OH is 1. The number of nitrogen functional groups attached to an aromatic ring is 1. The van der Waals surface area contributed by atoms with Gasteiger partial charge in [-0.25, -0.2) is 0 Å². The lowest BCUT2D eigenvalue weighted by Gasteiger charge is -2.39. The number of carbonyl (C=O) groups excluding carboxylic acids is 1. The number of hydrogen-bond donors (Lipinski definition) is 3. The van der Waals surface area contributed by atoms with E-state index in [9.17, 15) is 4.79 Å². The molecule has 0 radical (unpaired) electrons. The Bertz CT molecular complexity index is 1080. The molecule has 7 nitrogen and oxygen atoms in total. The molecule has 1 fully saturated rings. The van der Waals surface area contributed by atoms with Crippen molar-refractivity contribution in [1.29, 1.82) is 5.41 Å². The SMILES string of the molecule is C[C@@H]1CCC[C@H](C)N1CCCCCN1C(=O)C(c2cccc(C(=N)N)c2)Sc2ccc(OCCO)cc21. The van der Waals surface area contributed by atoms with Gasteiger partial charge in [-0.3, -0.25) is 15.1 Å². The number of rotatable bonds is 11. The van der Waals surface area contributed by atoms with E-state index in [1.54, 1.807) is 6.07 Å². The van der Waals surface area contributed by atoms with Crippen LogP contribution in [0.1, 0.15) is 68.7 Å². The van der Waals surface area contributed by atoms with Gasteiger partial charge in [0, 0.05) is 35.2 Å². The molecule has 0 aliphatic carbocycles. The number of anilines is 1. The number of nitrogens with two attached hydrogens (primary N) is 1. The summed E-state index contributed by atoms with van der Waals surface area (Å²) in [5.41, 5.74) is 8.06. The number of hydrogen-bond acceptors (Lipinski definition) is 6. The monoisotopic (exact) mass is 524 g/mol. The fourth-order valence-corrected chi connectivity index (χ4v) is 6.67. The van der Waals surface area contributed by atoms with E-state index < -0.39 is 5.25 Å². The number of nitrogens with zero attached hydrogens (tertiary/aromatic N) is 2. The average molecular weight is 525 g/mol. The fourth-order valence-electron chi connectivity index (χ4n) is 5.47. The third kappa shape index (κ3) is 6.67. The summed E-state index contributed by atoms with van der Waals surface area (Å²) < 4.78 is 5.65. The number of carbonyl (C=O) groups is 1. The first-order chi connectivity index (χ1) is 17.9. The Morgan fingerprint density at radius 2 is 1.86 bits per heavy atom. The highest BCUT2D eigenvalue weighted by Crippen LogP contribution is 2.47. The number of nitrogens with one attached hydrogen (secondary N) is 1. The van der Waals surface area contributed by atoms with Gasteiger partial charge < -0.3 is 20.5 Å². The number of benzene rings is 2. The lowest BCUT2D eigenvalue weighted by atomic mass is 9.97. The Hall–Kier alpha value is -2.55. The summed E-state index contributed by atoms with van der Waals surface area (Å²) in [6, 6.07) is 14.5. The molecule has 2 aromatic carbocycles. The maximum atomic E-state index is 13.8. The zero-order chi connectivity index (χ0) is 26.4. The minimum absolute atomic E-state index is 0.00428. The molecule has 1 saturated heterocycles. The van der Waals surface area contributed by atoms with E-state index in [-0.39, 0.29) is 25.0 Å². The van der Waals surface area contributed by atoms with Crippen molar-refractivity contribution in [2.75, 3.05) is 31.2 Å². The van der Waals surface area contributed by atoms with Crippen LogP contribution in [-0.2, 0) is 4.79 Å². The summed E-state index contributed by atoms with van der Waals surface area (Å²) in [7, 11) is 0. The normalized spacial score (nSPS) is 22.1. The first-order valence-electron chi connectivity index (χ1n) is 13.4. The fraction of sp³-hybridized carbons (Fsp3) is 0.517. The number of amides is 1. The molecular weight excluding hydrogens is 484 g/mol. The van der Waals surface area contributed by atoms with Crippen molar-refractivity contribution >= 4 is 29.2 Å². The van der Waals surface area contributed by atoms with Crippen LogP contribution >= 0.6 is 11.8 Å². The zero-order valence-electron chi connectivity index (χ0n) is 22.0. The van der Waals surface area contributed by atoms with E-state index in [1.165, 1.54) is 31.0 Å². The molecule has 37 heavy (non-hydrogen) atoms. The first-order valence-corrected chi connectivity index (χ1v) is 14.3. The standard InChI is InChI=1S/C29H40N4O3S/c1-20-8-6-9-21(2)32(20)14-4-3-5-15-33-25-19-24(36-17-16-34)12-13-26(25)37-27(29(33)35)22-10-7-11-23(18-22)28(30)31/h7,10-13,18-21,27,34H,3-6,8-9,14-17H2,1-2H3,(H3,30,31)/t20-,21+,27?. The highest BCUT2D eigenvalue weighted by molar-refractivity contribution is 8.00. The number of thioether (sulfide) groups is 1. The molecule has 0 saturated carbocycles. The van der Waals surface area contributed by atoms with Gasteiger partial charge in [-0.05, 0) is 69.8 Å².